The van der Waals surface area contributed by atoms with Crippen molar-refractivity contribution in [2.45, 2.75) is 51.6 Å². The summed E-state index contributed by atoms with van der Waals surface area (Å²) in [4.78, 5) is 25.4. The van der Waals surface area contributed by atoms with E-state index in [0.29, 0.717) is 19.0 Å². The van der Waals surface area contributed by atoms with E-state index in [1.54, 1.807) is 18.3 Å². The first-order valence-corrected chi connectivity index (χ1v) is 16.2. The lowest BCUT2D eigenvalue weighted by atomic mass is 9.98. The molecule has 0 amide bonds. The molecular weight excluding hydrogens is 585 g/mol. The van der Waals surface area contributed by atoms with Crippen molar-refractivity contribution in [3.05, 3.63) is 77.9 Å². The van der Waals surface area contributed by atoms with E-state index >= 15 is 0 Å². The molecule has 46 heavy (non-hydrogen) atoms. The third-order valence-corrected chi connectivity index (χ3v) is 9.01. The minimum Gasteiger partial charge on any atom is -0.490 e. The van der Waals surface area contributed by atoms with Crippen LogP contribution in [0.2, 0.25) is 0 Å². The molecule has 0 radical (unpaired) electrons. The Kier molecular flexibility index (Phi) is 10.4. The summed E-state index contributed by atoms with van der Waals surface area (Å²) in [6.45, 7) is 8.32. The molecule has 2 aliphatic heterocycles. The fourth-order valence-corrected chi connectivity index (χ4v) is 6.51. The van der Waals surface area contributed by atoms with Crippen LogP contribution in [-0.4, -0.2) is 82.9 Å². The lowest BCUT2D eigenvalue weighted by molar-refractivity contribution is -0.138. The standard InChI is InChI=1S/C36H42FN5O4/c1-25-30(27-9-10-31(37)33(21-27)46-17-5-13-41-15-18-45-19-16-41)7-4-8-32(25)40-36-35-28(11-12-38-36)20-26(23-39-35)24-42-14-3-2-6-29(42)22-34(43)44/h4,7-12,20-21,23,29H,2-3,5-6,13-19,22,24H2,1H3,(H,38,40)(H,43,44). The monoisotopic (exact) mass is 627 g/mol. The number of aromatic nitrogens is 2. The van der Waals surface area contributed by atoms with E-state index in [-0.39, 0.29) is 24.0 Å². The maximum Gasteiger partial charge on any atom is 0.304 e. The molecule has 0 saturated carbocycles. The van der Waals surface area contributed by atoms with Crippen molar-refractivity contribution in [3.8, 4) is 16.9 Å². The second-order valence-corrected chi connectivity index (χ2v) is 12.2. The van der Waals surface area contributed by atoms with Crippen LogP contribution < -0.4 is 10.1 Å². The van der Waals surface area contributed by atoms with Crippen molar-refractivity contribution in [2.24, 2.45) is 0 Å². The minimum absolute atomic E-state index is 0.0518. The quantitative estimate of drug-likeness (QED) is 0.172. The summed E-state index contributed by atoms with van der Waals surface area (Å²) in [7, 11) is 0. The predicted octanol–water partition coefficient (Wildman–Crippen LogP) is 6.42. The highest BCUT2D eigenvalue weighted by atomic mass is 19.1. The van der Waals surface area contributed by atoms with E-state index in [1.807, 2.05) is 37.4 Å². The summed E-state index contributed by atoms with van der Waals surface area (Å²) in [5, 5.41) is 13.8. The third-order valence-electron chi connectivity index (χ3n) is 9.01. The van der Waals surface area contributed by atoms with Crippen LogP contribution in [0.25, 0.3) is 22.0 Å². The number of anilines is 2. The van der Waals surface area contributed by atoms with Gasteiger partial charge in [0, 0.05) is 55.7 Å². The number of morpholine rings is 1. The maximum absolute atomic E-state index is 14.7. The fourth-order valence-electron chi connectivity index (χ4n) is 6.51. The van der Waals surface area contributed by atoms with Crippen LogP contribution in [-0.2, 0) is 16.1 Å². The molecule has 2 fully saturated rings. The first-order chi connectivity index (χ1) is 22.4. The molecule has 1 unspecified atom stereocenters. The number of carboxylic acids is 1. The van der Waals surface area contributed by atoms with Gasteiger partial charge in [0.15, 0.2) is 17.4 Å². The largest absolute Gasteiger partial charge is 0.490 e. The Morgan fingerprint density at radius 2 is 1.98 bits per heavy atom. The van der Waals surface area contributed by atoms with Gasteiger partial charge in [0.2, 0.25) is 0 Å². The topological polar surface area (TPSA) is 100 Å². The zero-order valence-corrected chi connectivity index (χ0v) is 26.4. The number of aliphatic carboxylic acids is 1. The summed E-state index contributed by atoms with van der Waals surface area (Å²) in [6.07, 6.45) is 7.67. The molecular formula is C36H42FN5O4. The molecule has 4 heterocycles. The van der Waals surface area contributed by atoms with Gasteiger partial charge in [0.1, 0.15) is 5.52 Å². The average Bonchev–Trinajstić information content (AvgIpc) is 3.06. The minimum atomic E-state index is -0.752. The number of ether oxygens (including phenoxy) is 2. The highest BCUT2D eigenvalue weighted by Crippen LogP contribution is 2.34. The first kappa shape index (κ1) is 31.8. The SMILES string of the molecule is Cc1c(Nc2nccc3cc(CN4CCCCC4CC(=O)O)cnc23)cccc1-c1ccc(F)c(OCCCN2CCOCC2)c1. The Morgan fingerprint density at radius 1 is 1.11 bits per heavy atom. The number of benzene rings is 2. The zero-order valence-electron chi connectivity index (χ0n) is 26.4. The average molecular weight is 628 g/mol. The van der Waals surface area contributed by atoms with Crippen LogP contribution in [0.4, 0.5) is 15.9 Å². The summed E-state index contributed by atoms with van der Waals surface area (Å²) in [6, 6.07) is 15.1. The fraction of sp³-hybridized carbons (Fsp3) is 0.417. The number of nitrogens with one attached hydrogen (secondary N) is 1. The lowest BCUT2D eigenvalue weighted by Crippen LogP contribution is -2.40. The highest BCUT2D eigenvalue weighted by molar-refractivity contribution is 5.91. The molecule has 2 aromatic carbocycles. The van der Waals surface area contributed by atoms with Crippen LogP contribution in [0, 0.1) is 12.7 Å². The number of fused-ring (bicyclic) bond motifs is 1. The molecule has 0 bridgehead atoms. The van der Waals surface area contributed by atoms with E-state index in [2.05, 4.69) is 26.2 Å². The van der Waals surface area contributed by atoms with Gasteiger partial charge in [-0.2, -0.15) is 0 Å². The normalized spacial score (nSPS) is 17.7. The number of carbonyl (C=O) groups is 1. The van der Waals surface area contributed by atoms with Gasteiger partial charge in [0.05, 0.1) is 26.2 Å². The number of rotatable bonds is 12. The van der Waals surface area contributed by atoms with E-state index in [1.165, 1.54) is 6.07 Å². The number of pyridine rings is 2. The number of hydrogen-bond acceptors (Lipinski definition) is 8. The van der Waals surface area contributed by atoms with Crippen LogP contribution in [0.15, 0.2) is 60.9 Å². The second kappa shape index (κ2) is 15.0. The molecule has 0 spiro atoms. The van der Waals surface area contributed by atoms with Crippen LogP contribution in [0.3, 0.4) is 0 Å². The number of likely N-dealkylation sites (tertiary alicyclic amines) is 1. The molecule has 4 aromatic rings. The van der Waals surface area contributed by atoms with Crippen molar-refractivity contribution in [1.82, 2.24) is 19.8 Å². The molecule has 10 heteroatoms. The Morgan fingerprint density at radius 3 is 2.83 bits per heavy atom. The molecule has 2 aromatic heterocycles. The first-order valence-electron chi connectivity index (χ1n) is 16.2. The van der Waals surface area contributed by atoms with Crippen molar-refractivity contribution in [2.75, 3.05) is 51.3 Å². The number of nitrogens with zero attached hydrogens (tertiary/aromatic N) is 4. The molecule has 2 saturated heterocycles. The van der Waals surface area contributed by atoms with Gasteiger partial charge in [-0.25, -0.2) is 9.37 Å². The van der Waals surface area contributed by atoms with Gasteiger partial charge in [-0.1, -0.05) is 24.6 Å². The van der Waals surface area contributed by atoms with Crippen LogP contribution in [0.5, 0.6) is 5.75 Å². The van der Waals surface area contributed by atoms with E-state index in [0.717, 1.165) is 104 Å². The smallest absolute Gasteiger partial charge is 0.304 e. The van der Waals surface area contributed by atoms with Gasteiger partial charge in [-0.05, 0) is 85.3 Å². The van der Waals surface area contributed by atoms with Gasteiger partial charge in [-0.3, -0.25) is 19.6 Å². The van der Waals surface area contributed by atoms with Crippen LogP contribution in [0.1, 0.15) is 43.2 Å². The Hall–Kier alpha value is -4.12. The van der Waals surface area contributed by atoms with E-state index in [9.17, 15) is 14.3 Å². The molecule has 1 atom stereocenters. The van der Waals surface area contributed by atoms with E-state index < -0.39 is 5.97 Å². The summed E-state index contributed by atoms with van der Waals surface area (Å²) in [5.74, 6) is -0.218. The molecule has 9 nitrogen and oxygen atoms in total. The van der Waals surface area contributed by atoms with Gasteiger partial charge >= 0.3 is 5.97 Å². The summed E-state index contributed by atoms with van der Waals surface area (Å²) >= 11 is 0. The van der Waals surface area contributed by atoms with Gasteiger partial charge in [0.25, 0.3) is 0 Å². The number of hydrogen-bond donors (Lipinski definition) is 2. The molecule has 242 valence electrons. The lowest BCUT2D eigenvalue weighted by Gasteiger charge is -2.34. The molecule has 6 rings (SSSR count). The maximum atomic E-state index is 14.7. The van der Waals surface area contributed by atoms with E-state index in [4.69, 9.17) is 14.5 Å². The molecule has 0 aliphatic carbocycles. The summed E-state index contributed by atoms with van der Waals surface area (Å²) in [5.41, 5.74) is 5.53. The Labute approximate surface area is 269 Å². The van der Waals surface area contributed by atoms with Crippen molar-refractivity contribution >= 4 is 28.4 Å². The van der Waals surface area contributed by atoms with Crippen molar-refractivity contribution < 1.29 is 23.8 Å². The Balaban J connectivity index is 1.15. The number of halogens is 1. The number of piperidine rings is 1. The highest BCUT2D eigenvalue weighted by Gasteiger charge is 2.25. The molecule has 2 aliphatic rings. The van der Waals surface area contributed by atoms with Crippen molar-refractivity contribution in [3.63, 3.8) is 0 Å². The van der Waals surface area contributed by atoms with Crippen molar-refractivity contribution in [1.29, 1.82) is 0 Å². The second-order valence-electron chi connectivity index (χ2n) is 12.2. The van der Waals surface area contributed by atoms with Gasteiger partial charge < -0.3 is 19.9 Å². The summed E-state index contributed by atoms with van der Waals surface area (Å²) < 4.78 is 26.0. The van der Waals surface area contributed by atoms with Crippen LogP contribution >= 0.6 is 0 Å². The number of carboxylic acid groups (broad SMARTS) is 1. The molecule has 2 N–H and O–H groups in total. The Bertz CT molecular complexity index is 1660. The zero-order chi connectivity index (χ0) is 31.9. The third kappa shape index (κ3) is 7.81. The predicted molar refractivity (Wildman–Crippen MR) is 177 cm³/mol. The van der Waals surface area contributed by atoms with Gasteiger partial charge in [-0.15, -0.1) is 0 Å².